The first kappa shape index (κ1) is 31.1. The van der Waals surface area contributed by atoms with Crippen LogP contribution >= 0.6 is 0 Å². The number of amides is 1. The van der Waals surface area contributed by atoms with E-state index in [-0.39, 0.29) is 5.82 Å². The standard InChI is InChI=1S/C29H30FN3O.C8H11NO/c1-21-29(27-16-24(30)13-14-28(27)31-21)26-12-6-5-10-23(26)18-32(20-34)19-25-11-7-15-33(25)17-22-8-3-2-4-9-22;1-9(10)7-8-5-3-2-4-6-8/h2-6,8-10,12-14,16,20,25,31H,7,11,15,17-19H2,1H3;2-6,10H,7H2,1H3. The summed E-state index contributed by atoms with van der Waals surface area (Å²) in [5.41, 5.74) is 7.44. The highest BCUT2D eigenvalue weighted by Gasteiger charge is 2.26. The third-order valence-corrected chi connectivity index (χ3v) is 8.18. The summed E-state index contributed by atoms with van der Waals surface area (Å²) in [4.78, 5) is 19.9. The zero-order valence-corrected chi connectivity index (χ0v) is 25.5. The second-order valence-electron chi connectivity index (χ2n) is 11.6. The van der Waals surface area contributed by atoms with Gasteiger partial charge in [-0.25, -0.2) is 4.39 Å². The Bertz CT molecular complexity index is 1640. The summed E-state index contributed by atoms with van der Waals surface area (Å²) in [6.07, 6.45) is 3.22. The first-order valence-electron chi connectivity index (χ1n) is 15.2. The highest BCUT2D eigenvalue weighted by Crippen LogP contribution is 2.35. The van der Waals surface area contributed by atoms with Gasteiger partial charge in [-0.2, -0.15) is 5.06 Å². The van der Waals surface area contributed by atoms with Gasteiger partial charge in [0.25, 0.3) is 0 Å². The molecule has 44 heavy (non-hydrogen) atoms. The molecule has 0 radical (unpaired) electrons. The molecule has 1 atom stereocenters. The topological polar surface area (TPSA) is 62.8 Å². The van der Waals surface area contributed by atoms with Gasteiger partial charge in [0.2, 0.25) is 6.41 Å². The van der Waals surface area contributed by atoms with Gasteiger partial charge in [-0.05, 0) is 66.8 Å². The molecular formula is C37H41FN4O2. The molecule has 228 valence electrons. The number of rotatable bonds is 10. The zero-order chi connectivity index (χ0) is 30.9. The Kier molecular flexibility index (Phi) is 10.6. The number of aryl methyl sites for hydroxylation is 1. The molecule has 1 unspecified atom stereocenters. The van der Waals surface area contributed by atoms with Crippen LogP contribution in [0.25, 0.3) is 22.0 Å². The second-order valence-corrected chi connectivity index (χ2v) is 11.6. The second kappa shape index (κ2) is 14.9. The summed E-state index contributed by atoms with van der Waals surface area (Å²) in [6.45, 7) is 5.79. The number of hydroxylamine groups is 2. The normalized spacial score (nSPS) is 14.9. The minimum atomic E-state index is -0.250. The van der Waals surface area contributed by atoms with Crippen molar-refractivity contribution in [3.63, 3.8) is 0 Å². The third-order valence-electron chi connectivity index (χ3n) is 8.18. The lowest BCUT2D eigenvalue weighted by molar-refractivity contribution is -0.119. The van der Waals surface area contributed by atoms with Crippen LogP contribution in [0.4, 0.5) is 4.39 Å². The average molecular weight is 593 g/mol. The van der Waals surface area contributed by atoms with E-state index in [4.69, 9.17) is 5.21 Å². The molecule has 5 aromatic rings. The van der Waals surface area contributed by atoms with E-state index in [1.54, 1.807) is 19.2 Å². The number of benzene rings is 4. The van der Waals surface area contributed by atoms with Gasteiger partial charge in [0.15, 0.2) is 0 Å². The first-order valence-corrected chi connectivity index (χ1v) is 15.2. The van der Waals surface area contributed by atoms with Gasteiger partial charge in [0, 0.05) is 61.4 Å². The molecular weight excluding hydrogens is 551 g/mol. The molecule has 7 heteroatoms. The Labute approximate surface area is 259 Å². The molecule has 1 saturated heterocycles. The predicted molar refractivity (Wildman–Crippen MR) is 174 cm³/mol. The first-order chi connectivity index (χ1) is 21.4. The molecule has 1 aliphatic rings. The maximum absolute atomic E-state index is 14.1. The van der Waals surface area contributed by atoms with Gasteiger partial charge in [-0.3, -0.25) is 9.69 Å². The number of aromatic amines is 1. The molecule has 4 aromatic carbocycles. The number of carbonyl (C=O) groups excluding carboxylic acids is 1. The largest absolute Gasteiger partial charge is 0.358 e. The van der Waals surface area contributed by atoms with Crippen molar-refractivity contribution in [3.05, 3.63) is 131 Å². The minimum absolute atomic E-state index is 0.250. The van der Waals surface area contributed by atoms with Crippen molar-refractivity contribution in [3.8, 4) is 11.1 Å². The number of likely N-dealkylation sites (tertiary alicyclic amines) is 1. The lowest BCUT2D eigenvalue weighted by Gasteiger charge is -2.29. The van der Waals surface area contributed by atoms with Gasteiger partial charge < -0.3 is 15.1 Å². The Morgan fingerprint density at radius 1 is 0.932 bits per heavy atom. The molecule has 0 spiro atoms. The van der Waals surface area contributed by atoms with E-state index < -0.39 is 0 Å². The number of H-pyrrole nitrogens is 1. The van der Waals surface area contributed by atoms with Crippen LogP contribution in [0.15, 0.2) is 103 Å². The maximum atomic E-state index is 14.1. The van der Waals surface area contributed by atoms with Crippen LogP contribution in [0.3, 0.4) is 0 Å². The monoisotopic (exact) mass is 592 g/mol. The number of halogens is 1. The molecule has 6 rings (SSSR count). The number of carbonyl (C=O) groups is 1. The quantitative estimate of drug-likeness (QED) is 0.131. The number of fused-ring (bicyclic) bond motifs is 1. The number of aromatic nitrogens is 1. The van der Waals surface area contributed by atoms with Gasteiger partial charge >= 0.3 is 0 Å². The lowest BCUT2D eigenvalue weighted by atomic mass is 9.96. The van der Waals surface area contributed by atoms with Crippen LogP contribution < -0.4 is 0 Å². The summed E-state index contributed by atoms with van der Waals surface area (Å²) in [5, 5.41) is 10.9. The average Bonchev–Trinajstić information content (AvgIpc) is 3.60. The fourth-order valence-electron chi connectivity index (χ4n) is 6.16. The Morgan fingerprint density at radius 3 is 2.32 bits per heavy atom. The molecule has 2 heterocycles. The van der Waals surface area contributed by atoms with E-state index in [0.717, 1.165) is 76.3 Å². The highest BCUT2D eigenvalue weighted by molar-refractivity contribution is 5.98. The minimum Gasteiger partial charge on any atom is -0.358 e. The zero-order valence-electron chi connectivity index (χ0n) is 25.5. The van der Waals surface area contributed by atoms with Crippen molar-refractivity contribution in [2.24, 2.45) is 0 Å². The van der Waals surface area contributed by atoms with Crippen molar-refractivity contribution in [2.45, 2.75) is 45.4 Å². The maximum Gasteiger partial charge on any atom is 0.210 e. The van der Waals surface area contributed by atoms with Gasteiger partial charge in [0.05, 0.1) is 0 Å². The lowest BCUT2D eigenvalue weighted by Crippen LogP contribution is -2.39. The van der Waals surface area contributed by atoms with E-state index in [9.17, 15) is 9.18 Å². The smallest absolute Gasteiger partial charge is 0.210 e. The summed E-state index contributed by atoms with van der Waals surface area (Å²) in [6, 6.07) is 33.7. The number of nitrogens with zero attached hydrogens (tertiary/aromatic N) is 3. The molecule has 2 N–H and O–H groups in total. The van der Waals surface area contributed by atoms with Gasteiger partial charge in [-0.1, -0.05) is 84.9 Å². The predicted octanol–water partition coefficient (Wildman–Crippen LogP) is 7.41. The third kappa shape index (κ3) is 7.99. The fourth-order valence-corrected chi connectivity index (χ4v) is 6.16. The Morgan fingerprint density at radius 2 is 1.61 bits per heavy atom. The molecule has 0 aliphatic carbocycles. The van der Waals surface area contributed by atoms with Crippen molar-refractivity contribution >= 4 is 17.3 Å². The number of hydrogen-bond acceptors (Lipinski definition) is 4. The molecule has 1 aromatic heterocycles. The van der Waals surface area contributed by atoms with Crippen molar-refractivity contribution < 1.29 is 14.4 Å². The molecule has 1 fully saturated rings. The Hall–Kier alpha value is -4.30. The number of hydrogen-bond donors (Lipinski definition) is 2. The highest BCUT2D eigenvalue weighted by atomic mass is 19.1. The molecule has 6 nitrogen and oxygen atoms in total. The summed E-state index contributed by atoms with van der Waals surface area (Å²) in [7, 11) is 1.63. The van der Waals surface area contributed by atoms with E-state index in [1.807, 2.05) is 60.4 Å². The molecule has 0 bridgehead atoms. The Balaban J connectivity index is 0.000000328. The van der Waals surface area contributed by atoms with Crippen molar-refractivity contribution in [1.29, 1.82) is 0 Å². The molecule has 1 amide bonds. The van der Waals surface area contributed by atoms with Crippen LogP contribution in [0.1, 0.15) is 35.2 Å². The fraction of sp³-hybridized carbons (Fsp3) is 0.270. The van der Waals surface area contributed by atoms with E-state index in [2.05, 4.69) is 46.3 Å². The van der Waals surface area contributed by atoms with Gasteiger partial charge in [-0.15, -0.1) is 0 Å². The van der Waals surface area contributed by atoms with Crippen LogP contribution in [0, 0.1) is 12.7 Å². The van der Waals surface area contributed by atoms with E-state index >= 15 is 0 Å². The molecule has 1 aliphatic heterocycles. The van der Waals surface area contributed by atoms with Crippen LogP contribution in [-0.4, -0.2) is 57.6 Å². The molecule has 0 saturated carbocycles. The van der Waals surface area contributed by atoms with Crippen LogP contribution in [-0.2, 0) is 24.4 Å². The van der Waals surface area contributed by atoms with E-state index in [0.29, 0.717) is 25.7 Å². The van der Waals surface area contributed by atoms with E-state index in [1.165, 1.54) is 11.6 Å². The number of nitrogens with one attached hydrogen (secondary N) is 1. The summed E-state index contributed by atoms with van der Waals surface area (Å²) < 4.78 is 14.1. The SMILES string of the molecule is CN(O)Cc1ccccc1.Cc1[nH]c2ccc(F)cc2c1-c1ccccc1CN(C=O)CC1CCCN1Cc1ccccc1. The summed E-state index contributed by atoms with van der Waals surface area (Å²) in [5.74, 6) is -0.250. The van der Waals surface area contributed by atoms with Crippen LogP contribution in [0.5, 0.6) is 0 Å². The van der Waals surface area contributed by atoms with Crippen molar-refractivity contribution in [2.75, 3.05) is 20.1 Å². The summed E-state index contributed by atoms with van der Waals surface area (Å²) >= 11 is 0. The van der Waals surface area contributed by atoms with Gasteiger partial charge in [0.1, 0.15) is 5.82 Å². The van der Waals surface area contributed by atoms with Crippen LogP contribution in [0.2, 0.25) is 0 Å². The van der Waals surface area contributed by atoms with Crippen molar-refractivity contribution in [1.82, 2.24) is 19.8 Å².